The van der Waals surface area contributed by atoms with Gasteiger partial charge in [-0.15, -0.1) is 0 Å². The molecule has 0 aliphatic carbocycles. The summed E-state index contributed by atoms with van der Waals surface area (Å²) in [5.41, 5.74) is 0. The van der Waals surface area contributed by atoms with E-state index in [4.69, 9.17) is 0 Å². The smallest absolute Gasteiger partial charge is 0.222 e. The summed E-state index contributed by atoms with van der Waals surface area (Å²) < 4.78 is 0. The molecule has 1 saturated heterocycles. The number of nitrogens with one attached hydrogen (secondary N) is 2. The zero-order valence-electron chi connectivity index (χ0n) is 10.2. The lowest BCUT2D eigenvalue weighted by Crippen LogP contribution is -2.30. The zero-order chi connectivity index (χ0) is 12.0. The minimum absolute atomic E-state index is 0.0781. The number of nitrogens with zero attached hydrogens (tertiary/aromatic N) is 1. The largest absolute Gasteiger partial charge is 0.361 e. The lowest BCUT2D eigenvalue weighted by Gasteiger charge is -2.07. The summed E-state index contributed by atoms with van der Waals surface area (Å²) in [5, 5.41) is 7.18. The maximum atomic E-state index is 11.3. The van der Waals surface area contributed by atoms with Crippen LogP contribution in [-0.4, -0.2) is 35.5 Å². The third-order valence-corrected chi connectivity index (χ3v) is 3.37. The Morgan fingerprint density at radius 1 is 1.69 bits per heavy atom. The molecule has 0 aromatic carbocycles. The van der Waals surface area contributed by atoms with Crippen molar-refractivity contribution in [3.05, 3.63) is 0 Å². The van der Waals surface area contributed by atoms with Crippen LogP contribution in [0.3, 0.4) is 0 Å². The Bertz CT molecular complexity index is 266. The van der Waals surface area contributed by atoms with Crippen LogP contribution in [0.25, 0.3) is 0 Å². The highest BCUT2D eigenvalue weighted by Gasteiger charge is 2.17. The van der Waals surface area contributed by atoms with Gasteiger partial charge in [-0.1, -0.05) is 18.7 Å². The molecule has 5 heteroatoms. The summed E-state index contributed by atoms with van der Waals surface area (Å²) in [4.78, 5) is 15.7. The molecule has 16 heavy (non-hydrogen) atoms. The van der Waals surface area contributed by atoms with Crippen molar-refractivity contribution < 1.29 is 4.79 Å². The molecule has 0 aromatic rings. The number of thioether (sulfide) groups is 1. The quantitative estimate of drug-likeness (QED) is 0.767. The van der Waals surface area contributed by atoms with E-state index in [2.05, 4.69) is 22.5 Å². The van der Waals surface area contributed by atoms with Gasteiger partial charge in [0.05, 0.1) is 6.54 Å². The highest BCUT2D eigenvalue weighted by Crippen LogP contribution is 2.15. The number of amidine groups is 1. The molecular formula is C11H21N3OS. The van der Waals surface area contributed by atoms with Crippen LogP contribution >= 0.6 is 11.8 Å². The van der Waals surface area contributed by atoms with Gasteiger partial charge in [-0.25, -0.2) is 0 Å². The third-order valence-electron chi connectivity index (χ3n) is 2.29. The molecule has 1 heterocycles. The molecule has 1 fully saturated rings. The fraction of sp³-hybridized carbons (Fsp3) is 0.818. The second-order valence-electron chi connectivity index (χ2n) is 4.22. The summed E-state index contributed by atoms with van der Waals surface area (Å²) in [5.74, 6) is 1.17. The Morgan fingerprint density at radius 2 is 2.44 bits per heavy atom. The fourth-order valence-electron chi connectivity index (χ4n) is 1.40. The predicted octanol–water partition coefficient (Wildman–Crippen LogP) is 1.37. The number of carbonyl (C=O) groups excluding carboxylic acids is 1. The number of hydrogen-bond acceptors (Lipinski definition) is 3. The minimum atomic E-state index is 0.0781. The first-order valence-electron chi connectivity index (χ1n) is 5.85. The van der Waals surface area contributed by atoms with Crippen LogP contribution in [0.4, 0.5) is 0 Å². The molecule has 0 spiro atoms. The van der Waals surface area contributed by atoms with E-state index in [1.807, 2.05) is 13.8 Å². The summed E-state index contributed by atoms with van der Waals surface area (Å²) >= 11 is 1.75. The maximum absolute atomic E-state index is 11.3. The van der Waals surface area contributed by atoms with Crippen LogP contribution < -0.4 is 10.6 Å². The first-order valence-corrected chi connectivity index (χ1v) is 6.83. The number of hydrogen-bond donors (Lipinski definition) is 2. The third kappa shape index (κ3) is 4.88. The van der Waals surface area contributed by atoms with E-state index in [1.54, 1.807) is 11.8 Å². The van der Waals surface area contributed by atoms with Gasteiger partial charge in [-0.3, -0.25) is 9.79 Å². The van der Waals surface area contributed by atoms with Crippen LogP contribution in [0.2, 0.25) is 0 Å². The van der Waals surface area contributed by atoms with Gasteiger partial charge in [0.15, 0.2) is 5.17 Å². The molecule has 1 unspecified atom stereocenters. The number of amides is 1. The van der Waals surface area contributed by atoms with Crippen molar-refractivity contribution in [3.63, 3.8) is 0 Å². The monoisotopic (exact) mass is 243 g/mol. The van der Waals surface area contributed by atoms with Crippen molar-refractivity contribution in [2.45, 2.75) is 45.7 Å². The van der Waals surface area contributed by atoms with Crippen LogP contribution in [0.1, 0.15) is 33.6 Å². The van der Waals surface area contributed by atoms with E-state index in [9.17, 15) is 4.79 Å². The zero-order valence-corrected chi connectivity index (χ0v) is 11.1. The first kappa shape index (κ1) is 13.4. The van der Waals surface area contributed by atoms with E-state index < -0.39 is 0 Å². The predicted molar refractivity (Wildman–Crippen MR) is 69.9 cm³/mol. The summed E-state index contributed by atoms with van der Waals surface area (Å²) in [7, 11) is 0. The summed E-state index contributed by atoms with van der Waals surface area (Å²) in [6.45, 7) is 6.66. The molecule has 1 rings (SSSR count). The molecule has 1 aliphatic heterocycles. The normalized spacial score (nSPS) is 22.5. The Kier molecular flexibility index (Phi) is 5.66. The second kappa shape index (κ2) is 6.78. The standard InChI is InChI=1S/C11H21N3OS/c1-4-9-7-16-11(14-9)12-6-5-10(15)13-8(2)3/h8-9H,4-7H2,1-3H3,(H,12,14)(H,13,15). The molecule has 0 saturated carbocycles. The van der Waals surface area contributed by atoms with Crippen LogP contribution in [0.15, 0.2) is 4.99 Å². The molecule has 0 aromatic heterocycles. The van der Waals surface area contributed by atoms with E-state index in [0.29, 0.717) is 19.0 Å². The summed E-state index contributed by atoms with van der Waals surface area (Å²) in [6.07, 6.45) is 1.60. The van der Waals surface area contributed by atoms with Crippen LogP contribution in [0.5, 0.6) is 0 Å². The van der Waals surface area contributed by atoms with Gasteiger partial charge in [0.25, 0.3) is 0 Å². The lowest BCUT2D eigenvalue weighted by atomic mass is 10.3. The van der Waals surface area contributed by atoms with E-state index in [-0.39, 0.29) is 11.9 Å². The average Bonchev–Trinajstić information content (AvgIpc) is 2.64. The van der Waals surface area contributed by atoms with Crippen molar-refractivity contribution >= 4 is 22.8 Å². The molecule has 1 amide bonds. The SMILES string of the molecule is CCC1CSC(=NCCC(=O)NC(C)C)N1. The topological polar surface area (TPSA) is 53.5 Å². The van der Waals surface area contributed by atoms with Gasteiger partial charge in [-0.05, 0) is 20.3 Å². The fourth-order valence-corrected chi connectivity index (χ4v) is 2.51. The molecule has 1 atom stereocenters. The molecule has 92 valence electrons. The van der Waals surface area contributed by atoms with E-state index in [1.165, 1.54) is 0 Å². The molecule has 0 radical (unpaired) electrons. The van der Waals surface area contributed by atoms with Crippen molar-refractivity contribution in [1.29, 1.82) is 0 Å². The molecule has 2 N–H and O–H groups in total. The van der Waals surface area contributed by atoms with Crippen molar-refractivity contribution in [1.82, 2.24) is 10.6 Å². The van der Waals surface area contributed by atoms with Gasteiger partial charge in [0.2, 0.25) is 5.91 Å². The first-order chi connectivity index (χ1) is 7.61. The van der Waals surface area contributed by atoms with Crippen molar-refractivity contribution in [3.8, 4) is 0 Å². The Labute approximate surface area is 102 Å². The van der Waals surface area contributed by atoms with E-state index in [0.717, 1.165) is 17.3 Å². The molecule has 4 nitrogen and oxygen atoms in total. The lowest BCUT2D eigenvalue weighted by molar-refractivity contribution is -0.121. The number of carbonyl (C=O) groups is 1. The van der Waals surface area contributed by atoms with Crippen LogP contribution in [0, 0.1) is 0 Å². The molecular weight excluding hydrogens is 222 g/mol. The molecule has 0 bridgehead atoms. The highest BCUT2D eigenvalue weighted by molar-refractivity contribution is 8.14. The van der Waals surface area contributed by atoms with E-state index >= 15 is 0 Å². The number of aliphatic imine (C=N–C) groups is 1. The highest BCUT2D eigenvalue weighted by atomic mass is 32.2. The maximum Gasteiger partial charge on any atom is 0.222 e. The Hall–Kier alpha value is -0.710. The number of rotatable bonds is 5. The van der Waals surface area contributed by atoms with Gasteiger partial charge >= 0.3 is 0 Å². The van der Waals surface area contributed by atoms with Gasteiger partial charge in [0, 0.05) is 24.3 Å². The second-order valence-corrected chi connectivity index (χ2v) is 5.23. The van der Waals surface area contributed by atoms with Gasteiger partial charge in [-0.2, -0.15) is 0 Å². The van der Waals surface area contributed by atoms with Gasteiger partial charge < -0.3 is 10.6 Å². The Morgan fingerprint density at radius 3 is 3.00 bits per heavy atom. The van der Waals surface area contributed by atoms with Crippen molar-refractivity contribution in [2.75, 3.05) is 12.3 Å². The summed E-state index contributed by atoms with van der Waals surface area (Å²) in [6, 6.07) is 0.761. The molecule has 1 aliphatic rings. The van der Waals surface area contributed by atoms with Gasteiger partial charge in [0.1, 0.15) is 0 Å². The van der Waals surface area contributed by atoms with Crippen molar-refractivity contribution in [2.24, 2.45) is 4.99 Å². The van der Waals surface area contributed by atoms with Crippen LogP contribution in [-0.2, 0) is 4.79 Å². The Balaban J connectivity index is 2.19. The minimum Gasteiger partial charge on any atom is -0.361 e. The average molecular weight is 243 g/mol.